The van der Waals surface area contributed by atoms with E-state index in [1.54, 1.807) is 24.3 Å². The second-order valence-electron chi connectivity index (χ2n) is 5.41. The highest BCUT2D eigenvalue weighted by atomic mass is 35.5. The Morgan fingerprint density at radius 1 is 1.27 bits per heavy atom. The summed E-state index contributed by atoms with van der Waals surface area (Å²) in [5.74, 6) is -0.00848. The van der Waals surface area contributed by atoms with Gasteiger partial charge in [-0.3, -0.25) is 9.52 Å². The number of amides is 1. The lowest BCUT2D eigenvalue weighted by Gasteiger charge is -2.20. The van der Waals surface area contributed by atoms with E-state index in [-0.39, 0.29) is 18.3 Å². The van der Waals surface area contributed by atoms with Gasteiger partial charge < -0.3 is 10.6 Å². The van der Waals surface area contributed by atoms with E-state index in [4.69, 9.17) is 5.73 Å². The minimum absolute atomic E-state index is 0. The summed E-state index contributed by atoms with van der Waals surface area (Å²) in [7, 11) is -3.27. The number of benzene rings is 1. The highest BCUT2D eigenvalue weighted by Gasteiger charge is 2.23. The van der Waals surface area contributed by atoms with E-state index in [2.05, 4.69) is 4.72 Å². The molecule has 1 saturated heterocycles. The van der Waals surface area contributed by atoms with Crippen molar-refractivity contribution in [1.82, 2.24) is 4.90 Å². The highest BCUT2D eigenvalue weighted by Crippen LogP contribution is 2.14. The van der Waals surface area contributed by atoms with Crippen molar-refractivity contribution >= 4 is 34.0 Å². The van der Waals surface area contributed by atoms with Crippen LogP contribution in [0.4, 0.5) is 5.69 Å². The zero-order chi connectivity index (χ0) is 15.5. The molecule has 8 heteroatoms. The standard InChI is InChI=1S/C14H21N3O3S.ClH/c1-21(19,20)16-12-6-4-11(5-7-12)10-13(15)14(18)17-8-2-3-9-17;/h4-7,13,16H,2-3,8-10,15H2,1H3;1H. The lowest BCUT2D eigenvalue weighted by atomic mass is 10.1. The fraction of sp³-hybridized carbons (Fsp3) is 0.500. The SMILES string of the molecule is CS(=O)(=O)Nc1ccc(CC(N)C(=O)N2CCCC2)cc1.Cl. The molecule has 0 bridgehead atoms. The van der Waals surface area contributed by atoms with Crippen LogP contribution in [0.1, 0.15) is 18.4 Å². The average molecular weight is 348 g/mol. The van der Waals surface area contributed by atoms with Crippen LogP contribution in [0.2, 0.25) is 0 Å². The molecule has 6 nitrogen and oxygen atoms in total. The number of hydrogen-bond acceptors (Lipinski definition) is 4. The molecule has 1 aliphatic rings. The molecule has 3 N–H and O–H groups in total. The van der Waals surface area contributed by atoms with E-state index in [1.807, 2.05) is 4.90 Å². The average Bonchev–Trinajstić information content (AvgIpc) is 2.92. The van der Waals surface area contributed by atoms with Crippen LogP contribution in [-0.4, -0.2) is 44.6 Å². The molecule has 0 spiro atoms. The van der Waals surface area contributed by atoms with Crippen LogP contribution in [0, 0.1) is 0 Å². The molecule has 1 unspecified atom stereocenters. The van der Waals surface area contributed by atoms with Crippen LogP contribution in [0.5, 0.6) is 0 Å². The molecular formula is C14H22ClN3O3S. The molecule has 1 aromatic rings. The zero-order valence-electron chi connectivity index (χ0n) is 12.5. The van der Waals surface area contributed by atoms with Crippen molar-refractivity contribution in [3.63, 3.8) is 0 Å². The van der Waals surface area contributed by atoms with Gasteiger partial charge in [0, 0.05) is 18.8 Å². The molecule has 1 fully saturated rings. The molecule has 22 heavy (non-hydrogen) atoms. The van der Waals surface area contributed by atoms with Crippen LogP contribution < -0.4 is 10.5 Å². The summed E-state index contributed by atoms with van der Waals surface area (Å²) in [5, 5.41) is 0. The van der Waals surface area contributed by atoms with Gasteiger partial charge in [0.25, 0.3) is 0 Å². The van der Waals surface area contributed by atoms with Gasteiger partial charge in [0.05, 0.1) is 12.3 Å². The van der Waals surface area contributed by atoms with Crippen LogP contribution in [0.3, 0.4) is 0 Å². The van der Waals surface area contributed by atoms with E-state index in [0.717, 1.165) is 37.8 Å². The van der Waals surface area contributed by atoms with Crippen molar-refractivity contribution in [2.75, 3.05) is 24.1 Å². The van der Waals surface area contributed by atoms with Crippen LogP contribution >= 0.6 is 12.4 Å². The normalized spacial score (nSPS) is 16.0. The van der Waals surface area contributed by atoms with E-state index in [0.29, 0.717) is 12.1 Å². The van der Waals surface area contributed by atoms with Gasteiger partial charge in [0.1, 0.15) is 0 Å². The first-order chi connectivity index (χ1) is 9.85. The monoisotopic (exact) mass is 347 g/mol. The largest absolute Gasteiger partial charge is 0.341 e. The van der Waals surface area contributed by atoms with E-state index >= 15 is 0 Å². The van der Waals surface area contributed by atoms with Crippen molar-refractivity contribution in [3.8, 4) is 0 Å². The Bertz CT molecular complexity index is 598. The summed E-state index contributed by atoms with van der Waals surface area (Å²) in [6.45, 7) is 1.59. The molecule has 1 aromatic carbocycles. The molecular weight excluding hydrogens is 326 g/mol. The molecule has 1 amide bonds. The highest BCUT2D eigenvalue weighted by molar-refractivity contribution is 7.92. The number of nitrogens with two attached hydrogens (primary N) is 1. The molecule has 1 heterocycles. The van der Waals surface area contributed by atoms with Crippen molar-refractivity contribution in [2.45, 2.75) is 25.3 Å². The van der Waals surface area contributed by atoms with Gasteiger partial charge in [0.2, 0.25) is 15.9 Å². The summed E-state index contributed by atoms with van der Waals surface area (Å²) >= 11 is 0. The van der Waals surface area contributed by atoms with Crippen molar-refractivity contribution in [2.24, 2.45) is 5.73 Å². The Balaban J connectivity index is 0.00000242. The minimum Gasteiger partial charge on any atom is -0.341 e. The fourth-order valence-corrected chi connectivity index (χ4v) is 3.00. The summed E-state index contributed by atoms with van der Waals surface area (Å²) < 4.78 is 24.6. The second-order valence-corrected chi connectivity index (χ2v) is 7.16. The molecule has 0 saturated carbocycles. The fourth-order valence-electron chi connectivity index (χ4n) is 2.44. The first kappa shape index (κ1) is 18.7. The number of sulfonamides is 1. The molecule has 0 aliphatic carbocycles. The number of nitrogens with zero attached hydrogens (tertiary/aromatic N) is 1. The smallest absolute Gasteiger partial charge is 0.239 e. The Kier molecular flexibility index (Phi) is 6.65. The Labute approximate surface area is 137 Å². The predicted molar refractivity (Wildman–Crippen MR) is 89.6 cm³/mol. The van der Waals surface area contributed by atoms with Crippen LogP contribution in [0.15, 0.2) is 24.3 Å². The maximum Gasteiger partial charge on any atom is 0.239 e. The number of rotatable bonds is 5. The predicted octanol–water partition coefficient (Wildman–Crippen LogP) is 0.972. The number of likely N-dealkylation sites (tertiary alicyclic amines) is 1. The lowest BCUT2D eigenvalue weighted by Crippen LogP contribution is -2.43. The van der Waals surface area contributed by atoms with Crippen LogP contribution in [0.25, 0.3) is 0 Å². The second kappa shape index (κ2) is 7.80. The first-order valence-electron chi connectivity index (χ1n) is 6.96. The minimum atomic E-state index is -3.27. The number of nitrogens with one attached hydrogen (secondary N) is 1. The number of hydrogen-bond donors (Lipinski definition) is 2. The summed E-state index contributed by atoms with van der Waals surface area (Å²) in [6.07, 6.45) is 3.65. The third-order valence-corrected chi connectivity index (χ3v) is 4.05. The van der Waals surface area contributed by atoms with Gasteiger partial charge in [-0.2, -0.15) is 0 Å². The van der Waals surface area contributed by atoms with Crippen molar-refractivity contribution in [1.29, 1.82) is 0 Å². The summed E-state index contributed by atoms with van der Waals surface area (Å²) in [4.78, 5) is 13.9. The van der Waals surface area contributed by atoms with E-state index < -0.39 is 16.1 Å². The molecule has 2 rings (SSSR count). The third-order valence-electron chi connectivity index (χ3n) is 3.45. The van der Waals surface area contributed by atoms with Gasteiger partial charge in [0.15, 0.2) is 0 Å². The molecule has 1 aliphatic heterocycles. The van der Waals surface area contributed by atoms with Gasteiger partial charge >= 0.3 is 0 Å². The Morgan fingerprint density at radius 2 is 1.82 bits per heavy atom. The number of halogens is 1. The van der Waals surface area contributed by atoms with Gasteiger partial charge in [-0.15, -0.1) is 12.4 Å². The molecule has 124 valence electrons. The Hall–Kier alpha value is -1.31. The quantitative estimate of drug-likeness (QED) is 0.830. The molecule has 0 aromatic heterocycles. The number of carbonyl (C=O) groups is 1. The maximum atomic E-state index is 12.1. The summed E-state index contributed by atoms with van der Waals surface area (Å²) in [6, 6.07) is 6.36. The summed E-state index contributed by atoms with van der Waals surface area (Å²) in [5.41, 5.74) is 7.38. The van der Waals surface area contributed by atoms with E-state index in [9.17, 15) is 13.2 Å². The molecule has 1 atom stereocenters. The van der Waals surface area contributed by atoms with Gasteiger partial charge in [-0.25, -0.2) is 8.42 Å². The third kappa shape index (κ3) is 5.47. The zero-order valence-corrected chi connectivity index (χ0v) is 14.1. The maximum absolute atomic E-state index is 12.1. The van der Waals surface area contributed by atoms with Crippen molar-refractivity contribution < 1.29 is 13.2 Å². The van der Waals surface area contributed by atoms with Crippen molar-refractivity contribution in [3.05, 3.63) is 29.8 Å². The topological polar surface area (TPSA) is 92.5 Å². The van der Waals surface area contributed by atoms with Gasteiger partial charge in [-0.05, 0) is 37.0 Å². The molecule has 0 radical (unpaired) electrons. The first-order valence-corrected chi connectivity index (χ1v) is 8.85. The number of carbonyl (C=O) groups excluding carboxylic acids is 1. The van der Waals surface area contributed by atoms with Gasteiger partial charge in [-0.1, -0.05) is 12.1 Å². The lowest BCUT2D eigenvalue weighted by molar-refractivity contribution is -0.131. The van der Waals surface area contributed by atoms with Crippen LogP contribution in [-0.2, 0) is 21.2 Å². The van der Waals surface area contributed by atoms with E-state index in [1.165, 1.54) is 0 Å². The number of anilines is 1. The Morgan fingerprint density at radius 3 is 2.32 bits per heavy atom.